The van der Waals surface area contributed by atoms with E-state index in [4.69, 9.17) is 0 Å². The fourth-order valence-electron chi connectivity index (χ4n) is 2.11. The van der Waals surface area contributed by atoms with Crippen LogP contribution in [-0.2, 0) is 10.0 Å². The fraction of sp³-hybridized carbons (Fsp3) is 0.200. The second kappa shape index (κ2) is 5.58. The Balaban J connectivity index is 2.43. The summed E-state index contributed by atoms with van der Waals surface area (Å²) in [6.07, 6.45) is 0. The molecule has 2 aromatic carbocycles. The molecule has 3 nitrogen and oxygen atoms in total. The van der Waals surface area contributed by atoms with E-state index in [1.165, 1.54) is 0 Å². The van der Waals surface area contributed by atoms with Gasteiger partial charge in [0.1, 0.15) is 0 Å². The van der Waals surface area contributed by atoms with Crippen molar-refractivity contribution in [2.24, 2.45) is 0 Å². The maximum absolute atomic E-state index is 12.5. The topological polar surface area (TPSA) is 46.2 Å². The second-order valence-corrected chi connectivity index (χ2v) is 7.46. The zero-order valence-corrected chi connectivity index (χ0v) is 14.0. The molecule has 0 aliphatic heterocycles. The van der Waals surface area contributed by atoms with Crippen LogP contribution in [0.4, 0.5) is 5.69 Å². The first-order valence-electron chi connectivity index (χ1n) is 6.15. The van der Waals surface area contributed by atoms with Gasteiger partial charge in [-0.05, 0) is 61.7 Å². The predicted octanol–water partition coefficient (Wildman–Crippen LogP) is 4.18. The third-order valence-corrected chi connectivity index (χ3v) is 4.93. The van der Waals surface area contributed by atoms with Crippen LogP contribution in [0.3, 0.4) is 0 Å². The first kappa shape index (κ1) is 15.1. The first-order valence-corrected chi connectivity index (χ1v) is 8.43. The van der Waals surface area contributed by atoms with E-state index in [9.17, 15) is 8.42 Å². The van der Waals surface area contributed by atoms with Crippen molar-refractivity contribution in [1.82, 2.24) is 0 Å². The minimum Gasteiger partial charge on any atom is -0.280 e. The summed E-state index contributed by atoms with van der Waals surface area (Å²) in [4.78, 5) is 0.283. The molecule has 0 spiro atoms. The van der Waals surface area contributed by atoms with Crippen molar-refractivity contribution in [1.29, 1.82) is 0 Å². The molecule has 0 aliphatic carbocycles. The van der Waals surface area contributed by atoms with Gasteiger partial charge in [0.2, 0.25) is 0 Å². The van der Waals surface area contributed by atoms with E-state index in [0.29, 0.717) is 11.3 Å². The second-order valence-electron chi connectivity index (χ2n) is 4.89. The number of anilines is 1. The molecule has 0 heterocycles. The Bertz CT molecular complexity index is 734. The molecule has 0 atom stereocenters. The van der Waals surface area contributed by atoms with Gasteiger partial charge >= 0.3 is 0 Å². The molecule has 0 aliphatic rings. The van der Waals surface area contributed by atoms with E-state index in [-0.39, 0.29) is 4.90 Å². The smallest absolute Gasteiger partial charge is 0.262 e. The highest BCUT2D eigenvalue weighted by Gasteiger charge is 2.17. The molecule has 0 unspecified atom stereocenters. The standard InChI is InChI=1S/C15H16BrNO2S/c1-10-6-11(2)8-14(7-10)17-20(18,19)15-9-13(16)5-4-12(15)3/h4-9,17H,1-3H3. The lowest BCUT2D eigenvalue weighted by Crippen LogP contribution is -2.14. The van der Waals surface area contributed by atoms with E-state index in [1.807, 2.05) is 38.1 Å². The molecule has 0 aromatic heterocycles. The maximum Gasteiger partial charge on any atom is 0.262 e. The minimum atomic E-state index is -3.58. The van der Waals surface area contributed by atoms with Crippen LogP contribution in [0.5, 0.6) is 0 Å². The molecule has 0 saturated heterocycles. The van der Waals surface area contributed by atoms with Crippen LogP contribution in [0.1, 0.15) is 16.7 Å². The van der Waals surface area contributed by atoms with Gasteiger partial charge in [-0.15, -0.1) is 0 Å². The number of sulfonamides is 1. The number of halogens is 1. The average molecular weight is 354 g/mol. The summed E-state index contributed by atoms with van der Waals surface area (Å²) in [6, 6.07) is 10.9. The molecule has 0 bridgehead atoms. The number of hydrogen-bond donors (Lipinski definition) is 1. The molecule has 5 heteroatoms. The largest absolute Gasteiger partial charge is 0.280 e. The molecule has 0 fully saturated rings. The van der Waals surface area contributed by atoms with Crippen LogP contribution in [0.25, 0.3) is 0 Å². The van der Waals surface area contributed by atoms with Crippen LogP contribution in [0, 0.1) is 20.8 Å². The Hall–Kier alpha value is -1.33. The monoisotopic (exact) mass is 353 g/mol. The lowest BCUT2D eigenvalue weighted by Gasteiger charge is -2.12. The van der Waals surface area contributed by atoms with Crippen molar-refractivity contribution in [3.63, 3.8) is 0 Å². The van der Waals surface area contributed by atoms with Gasteiger partial charge in [0, 0.05) is 10.2 Å². The highest BCUT2D eigenvalue weighted by molar-refractivity contribution is 9.10. The third-order valence-electron chi connectivity index (χ3n) is 2.91. The summed E-state index contributed by atoms with van der Waals surface area (Å²) < 4.78 is 28.3. The highest BCUT2D eigenvalue weighted by atomic mass is 79.9. The summed E-state index contributed by atoms with van der Waals surface area (Å²) in [5.74, 6) is 0. The fourth-order valence-corrected chi connectivity index (χ4v) is 3.93. The highest BCUT2D eigenvalue weighted by Crippen LogP contribution is 2.24. The normalized spacial score (nSPS) is 11.4. The Morgan fingerprint density at radius 1 is 0.950 bits per heavy atom. The molecule has 20 heavy (non-hydrogen) atoms. The molecule has 0 saturated carbocycles. The lowest BCUT2D eigenvalue weighted by molar-refractivity contribution is 0.600. The maximum atomic E-state index is 12.5. The summed E-state index contributed by atoms with van der Waals surface area (Å²) in [7, 11) is -3.58. The van der Waals surface area contributed by atoms with Crippen LogP contribution in [0.2, 0.25) is 0 Å². The quantitative estimate of drug-likeness (QED) is 0.899. The summed E-state index contributed by atoms with van der Waals surface area (Å²) in [6.45, 7) is 5.66. The summed E-state index contributed by atoms with van der Waals surface area (Å²) in [5.41, 5.74) is 3.34. The Labute approximate surface area is 128 Å². The third kappa shape index (κ3) is 3.41. The molecule has 0 radical (unpaired) electrons. The van der Waals surface area contributed by atoms with Gasteiger partial charge in [-0.3, -0.25) is 4.72 Å². The van der Waals surface area contributed by atoms with E-state index < -0.39 is 10.0 Å². The van der Waals surface area contributed by atoms with Gasteiger partial charge in [0.25, 0.3) is 10.0 Å². The van der Waals surface area contributed by atoms with Crippen LogP contribution < -0.4 is 4.72 Å². The van der Waals surface area contributed by atoms with E-state index in [1.54, 1.807) is 19.1 Å². The van der Waals surface area contributed by atoms with Gasteiger partial charge in [0.05, 0.1) is 4.90 Å². The molecule has 0 amide bonds. The van der Waals surface area contributed by atoms with Crippen LogP contribution >= 0.6 is 15.9 Å². The van der Waals surface area contributed by atoms with Gasteiger partial charge < -0.3 is 0 Å². The molecule has 2 aromatic rings. The molecule has 106 valence electrons. The van der Waals surface area contributed by atoms with Crippen LogP contribution in [0.15, 0.2) is 45.8 Å². The Morgan fingerprint density at radius 2 is 1.55 bits per heavy atom. The number of rotatable bonds is 3. The van der Waals surface area contributed by atoms with Crippen molar-refractivity contribution in [2.75, 3.05) is 4.72 Å². The first-order chi connectivity index (χ1) is 9.28. The summed E-state index contributed by atoms with van der Waals surface area (Å²) in [5, 5.41) is 0. The van der Waals surface area contributed by atoms with E-state index >= 15 is 0 Å². The number of nitrogens with one attached hydrogen (secondary N) is 1. The SMILES string of the molecule is Cc1cc(C)cc(NS(=O)(=O)c2cc(Br)ccc2C)c1. The number of hydrogen-bond acceptors (Lipinski definition) is 2. The molecular weight excluding hydrogens is 338 g/mol. The van der Waals surface area contributed by atoms with Gasteiger partial charge in [-0.1, -0.05) is 28.1 Å². The zero-order valence-electron chi connectivity index (χ0n) is 11.6. The van der Waals surface area contributed by atoms with Gasteiger partial charge in [-0.25, -0.2) is 8.42 Å². The van der Waals surface area contributed by atoms with Gasteiger partial charge in [0.15, 0.2) is 0 Å². The average Bonchev–Trinajstić information content (AvgIpc) is 2.30. The summed E-state index contributed by atoms with van der Waals surface area (Å²) >= 11 is 3.31. The predicted molar refractivity (Wildman–Crippen MR) is 85.6 cm³/mol. The van der Waals surface area contributed by atoms with Crippen molar-refractivity contribution in [2.45, 2.75) is 25.7 Å². The lowest BCUT2D eigenvalue weighted by atomic mass is 10.1. The van der Waals surface area contributed by atoms with Crippen LogP contribution in [-0.4, -0.2) is 8.42 Å². The zero-order chi connectivity index (χ0) is 14.9. The molecular formula is C15H16BrNO2S. The van der Waals surface area contributed by atoms with Crippen molar-refractivity contribution >= 4 is 31.6 Å². The minimum absolute atomic E-state index is 0.283. The Morgan fingerprint density at radius 3 is 2.15 bits per heavy atom. The van der Waals surface area contributed by atoms with E-state index in [2.05, 4.69) is 20.7 Å². The van der Waals surface area contributed by atoms with Crippen molar-refractivity contribution < 1.29 is 8.42 Å². The molecule has 2 rings (SSSR count). The number of benzene rings is 2. The molecule has 1 N–H and O–H groups in total. The number of aryl methyl sites for hydroxylation is 3. The van der Waals surface area contributed by atoms with E-state index in [0.717, 1.165) is 15.6 Å². The van der Waals surface area contributed by atoms with Gasteiger partial charge in [-0.2, -0.15) is 0 Å². The Kier molecular flexibility index (Phi) is 4.20. The van der Waals surface area contributed by atoms with Crippen molar-refractivity contribution in [3.8, 4) is 0 Å². The van der Waals surface area contributed by atoms with Crippen molar-refractivity contribution in [3.05, 3.63) is 57.6 Å².